The molecule has 6 heteroatoms. The van der Waals surface area contributed by atoms with Gasteiger partial charge in [0, 0.05) is 28.3 Å². The molecule has 1 atom stereocenters. The zero-order chi connectivity index (χ0) is 14.6. The second kappa shape index (κ2) is 6.83. The maximum Gasteiger partial charge on any atom is 0.179 e. The van der Waals surface area contributed by atoms with Gasteiger partial charge in [0.15, 0.2) is 9.84 Å². The summed E-state index contributed by atoms with van der Waals surface area (Å²) in [4.78, 5) is 0.281. The Labute approximate surface area is 123 Å². The first-order valence-electron chi connectivity index (χ1n) is 6.92. The molecule has 0 amide bonds. The smallest absolute Gasteiger partial charge is 0.179 e. The zero-order valence-electron chi connectivity index (χ0n) is 11.5. The Morgan fingerprint density at radius 3 is 2.60 bits per heavy atom. The minimum Gasteiger partial charge on any atom is -0.326 e. The van der Waals surface area contributed by atoms with Crippen molar-refractivity contribution >= 4 is 20.6 Å². The van der Waals surface area contributed by atoms with Crippen molar-refractivity contribution in [2.45, 2.75) is 42.4 Å². The molecule has 0 heterocycles. The molecule has 1 aliphatic rings. The van der Waals surface area contributed by atoms with E-state index in [0.29, 0.717) is 6.54 Å². The molecule has 112 valence electrons. The van der Waals surface area contributed by atoms with Crippen molar-refractivity contribution in [3.05, 3.63) is 29.8 Å². The first-order valence-corrected chi connectivity index (χ1v) is 9.95. The predicted molar refractivity (Wildman–Crippen MR) is 81.7 cm³/mol. The fraction of sp³-hybridized carbons (Fsp3) is 0.571. The Morgan fingerprint density at radius 2 is 1.95 bits per heavy atom. The minimum atomic E-state index is -3.37. The van der Waals surface area contributed by atoms with Gasteiger partial charge in [-0.25, -0.2) is 8.42 Å². The maximum absolute atomic E-state index is 12.2. The van der Waals surface area contributed by atoms with Crippen molar-refractivity contribution in [3.63, 3.8) is 0 Å². The lowest BCUT2D eigenvalue weighted by atomic mass is 10.2. The van der Waals surface area contributed by atoms with Gasteiger partial charge in [0.25, 0.3) is 0 Å². The lowest BCUT2D eigenvalue weighted by Crippen LogP contribution is -2.20. The molecule has 1 aromatic carbocycles. The van der Waals surface area contributed by atoms with Gasteiger partial charge < -0.3 is 5.73 Å². The monoisotopic (exact) mass is 315 g/mol. The second-order valence-corrected chi connectivity index (χ2v) is 9.11. The highest BCUT2D eigenvalue weighted by atomic mass is 32.2. The van der Waals surface area contributed by atoms with Crippen molar-refractivity contribution in [3.8, 4) is 0 Å². The lowest BCUT2D eigenvalue weighted by Gasteiger charge is -2.10. The minimum absolute atomic E-state index is 0.0515. The zero-order valence-corrected chi connectivity index (χ0v) is 13.1. The molecule has 0 radical (unpaired) electrons. The van der Waals surface area contributed by atoms with E-state index in [0.717, 1.165) is 31.2 Å². The normalized spacial score (nSPS) is 18.2. The number of rotatable bonds is 6. The van der Waals surface area contributed by atoms with Crippen LogP contribution >= 0.6 is 0 Å². The van der Waals surface area contributed by atoms with Gasteiger partial charge in [-0.05, 0) is 30.5 Å². The molecule has 1 fully saturated rings. The van der Waals surface area contributed by atoms with Gasteiger partial charge in [-0.2, -0.15) is 0 Å². The van der Waals surface area contributed by atoms with Crippen LogP contribution in [0.15, 0.2) is 29.2 Å². The van der Waals surface area contributed by atoms with Crippen LogP contribution in [0.5, 0.6) is 0 Å². The lowest BCUT2D eigenvalue weighted by molar-refractivity contribution is 0.596. The predicted octanol–water partition coefficient (Wildman–Crippen LogP) is 1.61. The molecule has 2 N–H and O–H groups in total. The molecule has 0 aromatic heterocycles. The van der Waals surface area contributed by atoms with E-state index >= 15 is 0 Å². The van der Waals surface area contributed by atoms with Crippen molar-refractivity contribution in [2.75, 3.05) is 11.5 Å². The number of benzene rings is 1. The van der Waals surface area contributed by atoms with Crippen molar-refractivity contribution in [1.29, 1.82) is 0 Å². The van der Waals surface area contributed by atoms with E-state index in [2.05, 4.69) is 0 Å². The molecule has 2 rings (SSSR count). The van der Waals surface area contributed by atoms with Gasteiger partial charge in [0.2, 0.25) is 0 Å². The fourth-order valence-corrected chi connectivity index (χ4v) is 6.07. The summed E-state index contributed by atoms with van der Waals surface area (Å²) < 4.78 is 36.6. The molecule has 20 heavy (non-hydrogen) atoms. The summed E-state index contributed by atoms with van der Waals surface area (Å²) in [5.41, 5.74) is 6.32. The molecule has 0 saturated heterocycles. The summed E-state index contributed by atoms with van der Waals surface area (Å²) in [7, 11) is -4.39. The molecular formula is C14H21NO3S2. The quantitative estimate of drug-likeness (QED) is 0.865. The highest BCUT2D eigenvalue weighted by Gasteiger charge is 2.23. The van der Waals surface area contributed by atoms with Crippen molar-refractivity contribution in [1.82, 2.24) is 0 Å². The van der Waals surface area contributed by atoms with Gasteiger partial charge in [0.05, 0.1) is 10.6 Å². The van der Waals surface area contributed by atoms with Gasteiger partial charge in [-0.1, -0.05) is 25.0 Å². The van der Waals surface area contributed by atoms with E-state index < -0.39 is 20.6 Å². The largest absolute Gasteiger partial charge is 0.326 e. The number of hydrogen-bond donors (Lipinski definition) is 1. The van der Waals surface area contributed by atoms with Crippen LogP contribution in [0.1, 0.15) is 31.2 Å². The average molecular weight is 315 g/mol. The Hall–Kier alpha value is -0.720. The van der Waals surface area contributed by atoms with Gasteiger partial charge in [-0.15, -0.1) is 0 Å². The van der Waals surface area contributed by atoms with E-state index in [9.17, 15) is 12.6 Å². The van der Waals surface area contributed by atoms with Gasteiger partial charge >= 0.3 is 0 Å². The standard InChI is InChI=1S/C14H21NO3S2/c15-11-12-4-3-7-14(10-12)20(17,18)9-8-19(16)13-5-1-2-6-13/h3-4,7,10,13H,1-2,5-6,8-9,11,15H2. The van der Waals surface area contributed by atoms with E-state index in [4.69, 9.17) is 5.73 Å². The highest BCUT2D eigenvalue weighted by molar-refractivity contribution is 7.93. The van der Waals surface area contributed by atoms with Crippen molar-refractivity contribution < 1.29 is 12.6 Å². The van der Waals surface area contributed by atoms with E-state index in [1.165, 1.54) is 0 Å². The maximum atomic E-state index is 12.2. The first kappa shape index (κ1) is 15.7. The summed E-state index contributed by atoms with van der Waals surface area (Å²) in [5, 5.41) is 0.195. The van der Waals surface area contributed by atoms with Crippen LogP contribution in [-0.4, -0.2) is 29.4 Å². The van der Waals surface area contributed by atoms with Crippen LogP contribution in [-0.2, 0) is 27.2 Å². The highest BCUT2D eigenvalue weighted by Crippen LogP contribution is 2.23. The van der Waals surface area contributed by atoms with Gasteiger partial charge in [-0.3, -0.25) is 4.21 Å². The molecule has 1 unspecified atom stereocenters. The third kappa shape index (κ3) is 3.90. The Kier molecular flexibility index (Phi) is 5.35. The van der Waals surface area contributed by atoms with Crippen LogP contribution in [0.3, 0.4) is 0 Å². The van der Waals surface area contributed by atoms with Gasteiger partial charge in [0.1, 0.15) is 0 Å². The molecule has 0 aliphatic heterocycles. The topological polar surface area (TPSA) is 77.2 Å². The summed E-state index contributed by atoms with van der Waals surface area (Å²) in [6.45, 7) is 0.317. The van der Waals surface area contributed by atoms with Crippen LogP contribution < -0.4 is 5.73 Å². The van der Waals surface area contributed by atoms with Crippen LogP contribution in [0, 0.1) is 0 Å². The number of hydrogen-bond acceptors (Lipinski definition) is 4. The fourth-order valence-electron chi connectivity index (χ4n) is 2.49. The third-order valence-corrected chi connectivity index (χ3v) is 7.51. The number of nitrogens with two attached hydrogens (primary N) is 1. The van der Waals surface area contributed by atoms with Crippen LogP contribution in [0.4, 0.5) is 0 Å². The molecule has 0 spiro atoms. The molecule has 1 aliphatic carbocycles. The summed E-state index contributed by atoms with van der Waals surface area (Å²) in [6.07, 6.45) is 4.16. The molecule has 1 saturated carbocycles. The summed E-state index contributed by atoms with van der Waals surface area (Å²) >= 11 is 0. The van der Waals surface area contributed by atoms with Crippen LogP contribution in [0.2, 0.25) is 0 Å². The third-order valence-electron chi connectivity index (χ3n) is 3.72. The van der Waals surface area contributed by atoms with Crippen molar-refractivity contribution in [2.24, 2.45) is 5.73 Å². The Morgan fingerprint density at radius 1 is 1.25 bits per heavy atom. The van der Waals surface area contributed by atoms with E-state index in [-0.39, 0.29) is 21.7 Å². The van der Waals surface area contributed by atoms with E-state index in [1.807, 2.05) is 0 Å². The average Bonchev–Trinajstić information content (AvgIpc) is 2.99. The second-order valence-electron chi connectivity index (χ2n) is 5.16. The Bertz CT molecular complexity index is 578. The van der Waals surface area contributed by atoms with E-state index in [1.54, 1.807) is 24.3 Å². The molecule has 0 bridgehead atoms. The summed E-state index contributed by atoms with van der Waals surface area (Å²) in [6, 6.07) is 6.68. The summed E-state index contributed by atoms with van der Waals surface area (Å²) in [5.74, 6) is 0.185. The molecule has 1 aromatic rings. The number of sulfone groups is 1. The molecular weight excluding hydrogens is 294 g/mol. The Balaban J connectivity index is 2.01. The first-order chi connectivity index (χ1) is 9.53. The molecule has 4 nitrogen and oxygen atoms in total. The van der Waals surface area contributed by atoms with Crippen LogP contribution in [0.25, 0.3) is 0 Å². The SMILES string of the molecule is NCc1cccc(S(=O)(=O)CCS(=O)C2CCCC2)c1.